The van der Waals surface area contributed by atoms with Gasteiger partial charge >= 0.3 is 0 Å². The maximum atomic E-state index is 13.3. The molecule has 2 aromatic rings. The number of aromatic nitrogens is 1. The summed E-state index contributed by atoms with van der Waals surface area (Å²) in [5.74, 6) is -0.340. The molecule has 1 nitrogen and oxygen atoms in total. The average molecular weight is 184 g/mol. The van der Waals surface area contributed by atoms with Crippen LogP contribution in [0.1, 0.15) is 5.56 Å². The third-order valence-electron chi connectivity index (χ3n) is 1.93. The number of halogens is 2. The minimum Gasteiger partial charge on any atom is -0.361 e. The van der Waals surface area contributed by atoms with Crippen molar-refractivity contribution in [1.29, 1.82) is 0 Å². The molecule has 0 amide bonds. The summed E-state index contributed by atoms with van der Waals surface area (Å²) in [6.45, 7) is 1.85. The largest absolute Gasteiger partial charge is 0.361 e. The Balaban J connectivity index is 2.96. The summed E-state index contributed by atoms with van der Waals surface area (Å²) in [7, 11) is 0. The van der Waals surface area contributed by atoms with Gasteiger partial charge in [-0.2, -0.15) is 0 Å². The molecule has 2 rings (SSSR count). The van der Waals surface area contributed by atoms with E-state index in [2.05, 4.69) is 4.98 Å². The fourth-order valence-corrected chi connectivity index (χ4v) is 1.47. The van der Waals surface area contributed by atoms with Crippen LogP contribution in [-0.4, -0.2) is 4.98 Å². The Hall–Kier alpha value is -1.02. The van der Waals surface area contributed by atoms with Crippen molar-refractivity contribution < 1.29 is 4.39 Å². The van der Waals surface area contributed by atoms with Crippen molar-refractivity contribution >= 4 is 22.5 Å². The third-order valence-corrected chi connectivity index (χ3v) is 2.23. The number of nitrogens with one attached hydrogen (secondary N) is 1. The summed E-state index contributed by atoms with van der Waals surface area (Å²) in [6.07, 6.45) is 1.77. The van der Waals surface area contributed by atoms with Crippen molar-refractivity contribution in [2.45, 2.75) is 6.92 Å². The van der Waals surface area contributed by atoms with E-state index in [1.54, 1.807) is 18.3 Å². The van der Waals surface area contributed by atoms with Crippen LogP contribution in [0.25, 0.3) is 10.9 Å². The van der Waals surface area contributed by atoms with Crippen LogP contribution < -0.4 is 0 Å². The number of hydrogen-bond acceptors (Lipinski definition) is 0. The van der Waals surface area contributed by atoms with Crippen LogP contribution in [0, 0.1) is 12.7 Å². The Kier molecular flexibility index (Phi) is 1.58. The zero-order chi connectivity index (χ0) is 8.72. The molecule has 0 fully saturated rings. The van der Waals surface area contributed by atoms with E-state index in [1.807, 2.05) is 6.92 Å². The second-order valence-electron chi connectivity index (χ2n) is 2.76. The fourth-order valence-electron chi connectivity index (χ4n) is 1.31. The van der Waals surface area contributed by atoms with E-state index in [0.717, 1.165) is 11.1 Å². The van der Waals surface area contributed by atoms with Gasteiger partial charge in [0.05, 0.1) is 5.02 Å². The predicted octanol–water partition coefficient (Wildman–Crippen LogP) is 3.27. The van der Waals surface area contributed by atoms with E-state index in [9.17, 15) is 4.39 Å². The Bertz CT molecular complexity index is 433. The van der Waals surface area contributed by atoms with Crippen LogP contribution in [0.4, 0.5) is 4.39 Å². The van der Waals surface area contributed by atoms with Crippen molar-refractivity contribution in [3.05, 3.63) is 34.7 Å². The van der Waals surface area contributed by atoms with Gasteiger partial charge in [-0.05, 0) is 24.6 Å². The van der Waals surface area contributed by atoms with E-state index in [0.29, 0.717) is 5.39 Å². The number of rotatable bonds is 0. The third kappa shape index (κ3) is 0.916. The monoisotopic (exact) mass is 183 g/mol. The molecule has 3 heteroatoms. The molecule has 0 saturated carbocycles. The highest BCUT2D eigenvalue weighted by Gasteiger charge is 2.08. The number of hydrogen-bond donors (Lipinski definition) is 1. The van der Waals surface area contributed by atoms with Gasteiger partial charge < -0.3 is 4.98 Å². The molecule has 0 spiro atoms. The van der Waals surface area contributed by atoms with Gasteiger partial charge in [-0.25, -0.2) is 4.39 Å². The van der Waals surface area contributed by atoms with E-state index in [1.165, 1.54) is 0 Å². The van der Waals surface area contributed by atoms with Crippen LogP contribution in [0.2, 0.25) is 5.02 Å². The van der Waals surface area contributed by atoms with Crippen molar-refractivity contribution in [2.24, 2.45) is 0 Å². The molecule has 0 unspecified atom stereocenters. The Morgan fingerprint density at radius 1 is 1.42 bits per heavy atom. The summed E-state index contributed by atoms with van der Waals surface area (Å²) >= 11 is 5.63. The molecule has 1 heterocycles. The lowest BCUT2D eigenvalue weighted by Crippen LogP contribution is -1.79. The molecule has 62 valence electrons. The number of benzene rings is 1. The SMILES string of the molecule is Cc1c[nH]c2ccc(Cl)c(F)c12. The maximum absolute atomic E-state index is 13.3. The first kappa shape index (κ1) is 7.62. The standard InChI is InChI=1S/C9H7ClFN/c1-5-4-12-7-3-2-6(10)9(11)8(5)7/h2-4,12H,1H3. The molecule has 0 aliphatic rings. The zero-order valence-electron chi connectivity index (χ0n) is 6.49. The molecule has 0 saturated heterocycles. The Labute approximate surface area is 74.2 Å². The first-order valence-corrected chi connectivity index (χ1v) is 3.99. The van der Waals surface area contributed by atoms with Crippen LogP contribution in [0.3, 0.4) is 0 Å². The molecule has 0 radical (unpaired) electrons. The van der Waals surface area contributed by atoms with Crippen molar-refractivity contribution in [3.8, 4) is 0 Å². The lowest BCUT2D eigenvalue weighted by atomic mass is 10.2. The fraction of sp³-hybridized carbons (Fsp3) is 0.111. The zero-order valence-corrected chi connectivity index (χ0v) is 7.24. The Morgan fingerprint density at radius 2 is 2.17 bits per heavy atom. The van der Waals surface area contributed by atoms with Crippen molar-refractivity contribution in [3.63, 3.8) is 0 Å². The molecule has 0 aliphatic heterocycles. The topological polar surface area (TPSA) is 15.8 Å². The average Bonchev–Trinajstić information content (AvgIpc) is 2.41. The number of H-pyrrole nitrogens is 1. The molecule has 0 aliphatic carbocycles. The molecule has 1 N–H and O–H groups in total. The predicted molar refractivity (Wildman–Crippen MR) is 48.0 cm³/mol. The highest BCUT2D eigenvalue weighted by Crippen LogP contribution is 2.26. The first-order chi connectivity index (χ1) is 5.70. The van der Waals surface area contributed by atoms with Gasteiger partial charge in [-0.3, -0.25) is 0 Å². The summed E-state index contributed by atoms with van der Waals surface area (Å²) in [4.78, 5) is 2.96. The van der Waals surface area contributed by atoms with Crippen LogP contribution in [0.5, 0.6) is 0 Å². The summed E-state index contributed by atoms with van der Waals surface area (Å²) in [6, 6.07) is 3.32. The Morgan fingerprint density at radius 3 is 2.92 bits per heavy atom. The maximum Gasteiger partial charge on any atom is 0.151 e. The van der Waals surface area contributed by atoms with E-state index in [-0.39, 0.29) is 10.8 Å². The summed E-state index contributed by atoms with van der Waals surface area (Å²) in [5, 5.41) is 0.757. The smallest absolute Gasteiger partial charge is 0.151 e. The normalized spacial score (nSPS) is 10.9. The van der Waals surface area contributed by atoms with Gasteiger partial charge in [0.1, 0.15) is 0 Å². The van der Waals surface area contributed by atoms with Gasteiger partial charge in [-0.15, -0.1) is 0 Å². The van der Waals surface area contributed by atoms with E-state index < -0.39 is 0 Å². The highest BCUT2D eigenvalue weighted by molar-refractivity contribution is 6.31. The van der Waals surface area contributed by atoms with Crippen molar-refractivity contribution in [1.82, 2.24) is 4.98 Å². The molecule has 12 heavy (non-hydrogen) atoms. The molecule has 0 atom stereocenters. The molecule has 1 aromatic carbocycles. The number of fused-ring (bicyclic) bond motifs is 1. The minimum atomic E-state index is -0.340. The van der Waals surface area contributed by atoms with E-state index >= 15 is 0 Å². The van der Waals surface area contributed by atoms with Crippen LogP contribution >= 0.6 is 11.6 Å². The van der Waals surface area contributed by atoms with Crippen LogP contribution in [-0.2, 0) is 0 Å². The van der Waals surface area contributed by atoms with Gasteiger partial charge in [-0.1, -0.05) is 11.6 Å². The quantitative estimate of drug-likeness (QED) is 0.645. The summed E-state index contributed by atoms with van der Waals surface area (Å²) in [5.41, 5.74) is 1.67. The van der Waals surface area contributed by atoms with E-state index in [4.69, 9.17) is 11.6 Å². The second-order valence-corrected chi connectivity index (χ2v) is 3.16. The van der Waals surface area contributed by atoms with Gasteiger partial charge in [0.15, 0.2) is 5.82 Å². The number of aryl methyl sites for hydroxylation is 1. The lowest BCUT2D eigenvalue weighted by molar-refractivity contribution is 0.640. The van der Waals surface area contributed by atoms with Gasteiger partial charge in [0.2, 0.25) is 0 Å². The lowest BCUT2D eigenvalue weighted by Gasteiger charge is -1.96. The summed E-state index contributed by atoms with van der Waals surface area (Å²) < 4.78 is 13.3. The first-order valence-electron chi connectivity index (χ1n) is 3.62. The van der Waals surface area contributed by atoms with Gasteiger partial charge in [0, 0.05) is 17.1 Å². The molecular formula is C9H7ClFN. The minimum absolute atomic E-state index is 0.171. The highest BCUT2D eigenvalue weighted by atomic mass is 35.5. The van der Waals surface area contributed by atoms with Crippen molar-refractivity contribution in [2.75, 3.05) is 0 Å². The molecule has 1 aromatic heterocycles. The molecule has 0 bridgehead atoms. The van der Waals surface area contributed by atoms with Gasteiger partial charge in [0.25, 0.3) is 0 Å². The molecular weight excluding hydrogens is 177 g/mol. The number of aromatic amines is 1. The van der Waals surface area contributed by atoms with Crippen LogP contribution in [0.15, 0.2) is 18.3 Å². The second kappa shape index (κ2) is 2.49.